The van der Waals surface area contributed by atoms with Crippen molar-refractivity contribution in [3.05, 3.63) is 58.1 Å². The second-order valence-corrected chi connectivity index (χ2v) is 4.91. The van der Waals surface area contributed by atoms with E-state index >= 15 is 0 Å². The van der Waals surface area contributed by atoms with Crippen LogP contribution in [0.1, 0.15) is 23.6 Å². The number of hydrogen-bond donors (Lipinski definition) is 1. The lowest BCUT2D eigenvalue weighted by atomic mass is 10.1. The van der Waals surface area contributed by atoms with E-state index in [4.69, 9.17) is 22.1 Å². The fraction of sp³-hybridized carbons (Fsp3) is 0.250. The zero-order chi connectivity index (χ0) is 13.8. The minimum Gasteiger partial charge on any atom is -0.457 e. The molecule has 3 heteroatoms. The molecule has 100 valence electrons. The van der Waals surface area contributed by atoms with Crippen molar-refractivity contribution in [1.29, 1.82) is 0 Å². The number of hydrogen-bond acceptors (Lipinski definition) is 2. The lowest BCUT2D eigenvalue weighted by Gasteiger charge is -2.10. The summed E-state index contributed by atoms with van der Waals surface area (Å²) in [5.74, 6) is 1.63. The highest BCUT2D eigenvalue weighted by atomic mass is 35.5. The van der Waals surface area contributed by atoms with Crippen molar-refractivity contribution < 1.29 is 4.74 Å². The maximum Gasteiger partial charge on any atom is 0.127 e. The molecule has 0 radical (unpaired) electrons. The first-order valence-electron chi connectivity index (χ1n) is 6.40. The van der Waals surface area contributed by atoms with Gasteiger partial charge in [0.05, 0.1) is 0 Å². The Morgan fingerprint density at radius 3 is 2.37 bits per heavy atom. The van der Waals surface area contributed by atoms with Crippen LogP contribution in [-0.2, 0) is 13.0 Å². The van der Waals surface area contributed by atoms with E-state index in [1.54, 1.807) is 0 Å². The summed E-state index contributed by atoms with van der Waals surface area (Å²) in [5.41, 5.74) is 9.02. The van der Waals surface area contributed by atoms with Gasteiger partial charge in [-0.15, -0.1) is 0 Å². The van der Waals surface area contributed by atoms with Crippen molar-refractivity contribution in [2.75, 3.05) is 0 Å². The number of benzene rings is 2. The molecule has 2 nitrogen and oxygen atoms in total. The number of nitrogens with two attached hydrogens (primary N) is 1. The molecular weight excluding hydrogens is 258 g/mol. The van der Waals surface area contributed by atoms with Gasteiger partial charge in [-0.3, -0.25) is 0 Å². The minimum absolute atomic E-state index is 0.549. The minimum atomic E-state index is 0.549. The molecule has 0 aliphatic carbocycles. The number of aryl methyl sites for hydroxylation is 2. The molecule has 2 aromatic carbocycles. The van der Waals surface area contributed by atoms with Crippen LogP contribution in [0.25, 0.3) is 0 Å². The molecule has 0 heterocycles. The van der Waals surface area contributed by atoms with E-state index in [-0.39, 0.29) is 0 Å². The van der Waals surface area contributed by atoms with Gasteiger partial charge < -0.3 is 10.5 Å². The standard InChI is InChI=1S/C16H18ClNO/c1-3-12-9-15(6-7-16(12)17)19-14-5-4-13(10-18)11(2)8-14/h4-9H,3,10,18H2,1-2H3. The maximum absolute atomic E-state index is 6.09. The van der Waals surface area contributed by atoms with E-state index in [9.17, 15) is 0 Å². The molecule has 0 spiro atoms. The Morgan fingerprint density at radius 2 is 1.74 bits per heavy atom. The van der Waals surface area contributed by atoms with Crippen LogP contribution < -0.4 is 10.5 Å². The smallest absolute Gasteiger partial charge is 0.127 e. The molecule has 0 saturated heterocycles. The monoisotopic (exact) mass is 275 g/mol. The molecule has 19 heavy (non-hydrogen) atoms. The van der Waals surface area contributed by atoms with Crippen molar-refractivity contribution >= 4 is 11.6 Å². The molecule has 2 N–H and O–H groups in total. The average Bonchev–Trinajstić information content (AvgIpc) is 2.41. The van der Waals surface area contributed by atoms with E-state index in [0.29, 0.717) is 6.54 Å². The average molecular weight is 276 g/mol. The molecule has 0 aliphatic heterocycles. The van der Waals surface area contributed by atoms with Crippen LogP contribution in [0.2, 0.25) is 5.02 Å². The quantitative estimate of drug-likeness (QED) is 0.894. The third kappa shape index (κ3) is 3.28. The first-order valence-corrected chi connectivity index (χ1v) is 6.77. The summed E-state index contributed by atoms with van der Waals surface area (Å²) in [6.45, 7) is 4.66. The molecule has 0 unspecified atom stereocenters. The molecule has 0 saturated carbocycles. The molecule has 2 rings (SSSR count). The van der Waals surface area contributed by atoms with E-state index in [0.717, 1.165) is 39.6 Å². The Bertz CT molecular complexity index is 581. The van der Waals surface area contributed by atoms with Crippen LogP contribution in [0.5, 0.6) is 11.5 Å². The van der Waals surface area contributed by atoms with Gasteiger partial charge in [0.1, 0.15) is 11.5 Å². The Hall–Kier alpha value is -1.51. The summed E-state index contributed by atoms with van der Waals surface area (Å²) in [5, 5.41) is 0.782. The summed E-state index contributed by atoms with van der Waals surface area (Å²) in [7, 11) is 0. The van der Waals surface area contributed by atoms with E-state index in [2.05, 4.69) is 6.92 Å². The Labute approximate surface area is 119 Å². The molecular formula is C16H18ClNO. The lowest BCUT2D eigenvalue weighted by molar-refractivity contribution is 0.481. The number of rotatable bonds is 4. The van der Waals surface area contributed by atoms with Gasteiger partial charge in [0, 0.05) is 11.6 Å². The fourth-order valence-electron chi connectivity index (χ4n) is 1.98. The molecule has 0 fully saturated rings. The Kier molecular flexibility index (Phi) is 4.46. The first-order chi connectivity index (χ1) is 9.13. The summed E-state index contributed by atoms with van der Waals surface area (Å²) in [6.07, 6.45) is 0.890. The van der Waals surface area contributed by atoms with Gasteiger partial charge in [-0.25, -0.2) is 0 Å². The Balaban J connectivity index is 2.23. The van der Waals surface area contributed by atoms with Gasteiger partial charge in [-0.05, 0) is 60.4 Å². The molecule has 0 atom stereocenters. The zero-order valence-electron chi connectivity index (χ0n) is 11.2. The lowest BCUT2D eigenvalue weighted by Crippen LogP contribution is -1.99. The highest BCUT2D eigenvalue weighted by Gasteiger charge is 2.04. The van der Waals surface area contributed by atoms with Crippen LogP contribution in [0, 0.1) is 6.92 Å². The summed E-state index contributed by atoms with van der Waals surface area (Å²) in [6, 6.07) is 11.7. The second kappa shape index (κ2) is 6.09. The summed E-state index contributed by atoms with van der Waals surface area (Å²) in [4.78, 5) is 0. The van der Waals surface area contributed by atoms with Gasteiger partial charge in [-0.2, -0.15) is 0 Å². The molecule has 0 aromatic heterocycles. The van der Waals surface area contributed by atoms with Gasteiger partial charge in [0.15, 0.2) is 0 Å². The van der Waals surface area contributed by atoms with Gasteiger partial charge in [-0.1, -0.05) is 24.6 Å². The van der Waals surface area contributed by atoms with E-state index in [1.807, 2.05) is 43.3 Å². The van der Waals surface area contributed by atoms with Gasteiger partial charge in [0.25, 0.3) is 0 Å². The number of ether oxygens (including phenoxy) is 1. The van der Waals surface area contributed by atoms with Crippen LogP contribution in [0.4, 0.5) is 0 Å². The van der Waals surface area contributed by atoms with Crippen molar-refractivity contribution in [2.24, 2.45) is 5.73 Å². The van der Waals surface area contributed by atoms with Crippen molar-refractivity contribution in [2.45, 2.75) is 26.8 Å². The third-order valence-corrected chi connectivity index (χ3v) is 3.54. The van der Waals surface area contributed by atoms with Crippen LogP contribution >= 0.6 is 11.6 Å². The normalized spacial score (nSPS) is 10.5. The van der Waals surface area contributed by atoms with Crippen LogP contribution in [-0.4, -0.2) is 0 Å². The van der Waals surface area contributed by atoms with E-state index in [1.165, 1.54) is 0 Å². The predicted molar refractivity (Wildman–Crippen MR) is 80.0 cm³/mol. The summed E-state index contributed by atoms with van der Waals surface area (Å²) >= 11 is 6.09. The van der Waals surface area contributed by atoms with Crippen molar-refractivity contribution in [3.8, 4) is 11.5 Å². The molecule has 0 aliphatic rings. The largest absolute Gasteiger partial charge is 0.457 e. The van der Waals surface area contributed by atoms with Crippen LogP contribution in [0.3, 0.4) is 0 Å². The highest BCUT2D eigenvalue weighted by molar-refractivity contribution is 6.31. The topological polar surface area (TPSA) is 35.2 Å². The van der Waals surface area contributed by atoms with E-state index < -0.39 is 0 Å². The fourth-order valence-corrected chi connectivity index (χ4v) is 2.23. The molecule has 2 aromatic rings. The highest BCUT2D eigenvalue weighted by Crippen LogP contribution is 2.27. The molecule has 0 bridgehead atoms. The first kappa shape index (κ1) is 13.9. The number of halogens is 1. The summed E-state index contributed by atoms with van der Waals surface area (Å²) < 4.78 is 5.86. The van der Waals surface area contributed by atoms with Crippen LogP contribution in [0.15, 0.2) is 36.4 Å². The SMILES string of the molecule is CCc1cc(Oc2ccc(CN)c(C)c2)ccc1Cl. The Morgan fingerprint density at radius 1 is 1.05 bits per heavy atom. The maximum atomic E-state index is 6.09. The molecule has 0 amide bonds. The van der Waals surface area contributed by atoms with Crippen molar-refractivity contribution in [1.82, 2.24) is 0 Å². The third-order valence-electron chi connectivity index (χ3n) is 3.17. The van der Waals surface area contributed by atoms with Gasteiger partial charge >= 0.3 is 0 Å². The predicted octanol–water partition coefficient (Wildman–Crippen LogP) is 4.46. The zero-order valence-corrected chi connectivity index (χ0v) is 12.0. The second-order valence-electron chi connectivity index (χ2n) is 4.50. The van der Waals surface area contributed by atoms with Gasteiger partial charge in [0.2, 0.25) is 0 Å². The van der Waals surface area contributed by atoms with Crippen molar-refractivity contribution in [3.63, 3.8) is 0 Å².